The van der Waals surface area contributed by atoms with E-state index in [1.54, 1.807) is 30.5 Å². The number of hydrogen-bond donors (Lipinski definition) is 1. The minimum Gasteiger partial charge on any atom is -0.494 e. The van der Waals surface area contributed by atoms with E-state index in [0.29, 0.717) is 5.82 Å². The Bertz CT molecular complexity index is 514. The number of benzene rings is 1. The Hall–Kier alpha value is -2.10. The van der Waals surface area contributed by atoms with Crippen molar-refractivity contribution >= 4 is 5.82 Å². The van der Waals surface area contributed by atoms with E-state index >= 15 is 0 Å². The molecule has 0 atom stereocenters. The molecule has 2 rings (SSSR count). The fraction of sp³-hybridized carbons (Fsp3) is 0.0833. The summed E-state index contributed by atoms with van der Waals surface area (Å²) in [5.74, 6) is 0.245. The summed E-state index contributed by atoms with van der Waals surface area (Å²) in [5, 5.41) is 0. The van der Waals surface area contributed by atoms with Crippen molar-refractivity contribution in [1.82, 2.24) is 4.98 Å². The fourth-order valence-electron chi connectivity index (χ4n) is 1.47. The Morgan fingerprint density at radius 2 is 1.94 bits per heavy atom. The summed E-state index contributed by atoms with van der Waals surface area (Å²) in [6.07, 6.45) is 1.59. The number of ether oxygens (including phenoxy) is 1. The summed E-state index contributed by atoms with van der Waals surface area (Å²) >= 11 is 0. The fourth-order valence-corrected chi connectivity index (χ4v) is 1.47. The first-order valence-corrected chi connectivity index (χ1v) is 4.76. The van der Waals surface area contributed by atoms with E-state index in [2.05, 4.69) is 4.98 Å². The summed E-state index contributed by atoms with van der Waals surface area (Å²) in [5.41, 5.74) is 7.13. The van der Waals surface area contributed by atoms with Gasteiger partial charge in [-0.2, -0.15) is 0 Å². The van der Waals surface area contributed by atoms with E-state index in [1.165, 1.54) is 13.2 Å². The summed E-state index contributed by atoms with van der Waals surface area (Å²) in [6.45, 7) is 0. The lowest BCUT2D eigenvalue weighted by Gasteiger charge is -2.05. The Morgan fingerprint density at radius 1 is 1.19 bits per heavy atom. The number of nitrogens with two attached hydrogens (primary N) is 1. The maximum absolute atomic E-state index is 13.5. The largest absolute Gasteiger partial charge is 0.494 e. The first kappa shape index (κ1) is 10.4. The van der Waals surface area contributed by atoms with E-state index in [9.17, 15) is 4.39 Å². The third-order valence-corrected chi connectivity index (χ3v) is 2.27. The molecule has 3 nitrogen and oxygen atoms in total. The number of aromatic nitrogens is 1. The number of nitrogen functional groups attached to an aromatic ring is 1. The molecule has 0 aliphatic heterocycles. The molecule has 1 aromatic heterocycles. The van der Waals surface area contributed by atoms with Crippen LogP contribution in [0.5, 0.6) is 5.75 Å². The molecule has 0 saturated heterocycles. The molecular weight excluding hydrogens is 207 g/mol. The number of rotatable bonds is 2. The van der Waals surface area contributed by atoms with E-state index in [1.807, 2.05) is 0 Å². The van der Waals surface area contributed by atoms with Crippen LogP contribution >= 0.6 is 0 Å². The molecule has 0 radical (unpaired) electrons. The molecule has 82 valence electrons. The van der Waals surface area contributed by atoms with Crippen molar-refractivity contribution in [2.45, 2.75) is 0 Å². The molecule has 0 bridgehead atoms. The van der Waals surface area contributed by atoms with Crippen molar-refractivity contribution in [1.29, 1.82) is 0 Å². The van der Waals surface area contributed by atoms with Gasteiger partial charge >= 0.3 is 0 Å². The van der Waals surface area contributed by atoms with Crippen LogP contribution in [0.3, 0.4) is 0 Å². The second kappa shape index (κ2) is 4.18. The molecule has 1 aromatic carbocycles. The smallest absolute Gasteiger partial charge is 0.165 e. The molecule has 0 aliphatic carbocycles. The molecule has 16 heavy (non-hydrogen) atoms. The van der Waals surface area contributed by atoms with Crippen molar-refractivity contribution in [3.05, 3.63) is 42.3 Å². The zero-order valence-electron chi connectivity index (χ0n) is 8.77. The Balaban J connectivity index is 2.45. The van der Waals surface area contributed by atoms with Crippen molar-refractivity contribution < 1.29 is 9.13 Å². The number of methoxy groups -OCH3 is 1. The number of nitrogens with zero attached hydrogens (tertiary/aromatic N) is 1. The standard InChI is InChI=1S/C12H11FN2O/c1-16-11-3-2-8(6-10(11)13)9-4-5-15-12(14)7-9/h2-7H,1H3,(H2,14,15). The highest BCUT2D eigenvalue weighted by Gasteiger charge is 2.05. The molecule has 0 spiro atoms. The third-order valence-electron chi connectivity index (χ3n) is 2.27. The number of anilines is 1. The summed E-state index contributed by atoms with van der Waals surface area (Å²) < 4.78 is 18.3. The number of hydrogen-bond acceptors (Lipinski definition) is 3. The van der Waals surface area contributed by atoms with Crippen LogP contribution < -0.4 is 10.5 Å². The first-order chi connectivity index (χ1) is 7.70. The van der Waals surface area contributed by atoms with Gasteiger partial charge in [0.1, 0.15) is 5.82 Å². The van der Waals surface area contributed by atoms with Gasteiger partial charge < -0.3 is 10.5 Å². The normalized spacial score (nSPS) is 10.1. The monoisotopic (exact) mass is 218 g/mol. The van der Waals surface area contributed by atoms with Gasteiger partial charge in [-0.1, -0.05) is 6.07 Å². The topological polar surface area (TPSA) is 48.1 Å². The van der Waals surface area contributed by atoms with Gasteiger partial charge in [-0.3, -0.25) is 0 Å². The van der Waals surface area contributed by atoms with E-state index in [4.69, 9.17) is 10.5 Å². The van der Waals surface area contributed by atoms with Gasteiger partial charge in [-0.05, 0) is 35.4 Å². The minimum atomic E-state index is -0.393. The zero-order chi connectivity index (χ0) is 11.5. The average molecular weight is 218 g/mol. The lowest BCUT2D eigenvalue weighted by Crippen LogP contribution is -1.91. The van der Waals surface area contributed by atoms with Crippen LogP contribution in [0.1, 0.15) is 0 Å². The molecule has 2 N–H and O–H groups in total. The second-order valence-electron chi connectivity index (χ2n) is 3.32. The van der Waals surface area contributed by atoms with Gasteiger partial charge in [-0.25, -0.2) is 9.37 Å². The van der Waals surface area contributed by atoms with Crippen LogP contribution in [0.2, 0.25) is 0 Å². The molecule has 1 heterocycles. The number of halogens is 1. The van der Waals surface area contributed by atoms with Crippen LogP contribution in [-0.4, -0.2) is 12.1 Å². The summed E-state index contributed by atoms with van der Waals surface area (Å²) in [4.78, 5) is 3.88. The zero-order valence-corrected chi connectivity index (χ0v) is 8.77. The Morgan fingerprint density at radius 3 is 2.56 bits per heavy atom. The highest BCUT2D eigenvalue weighted by atomic mass is 19.1. The molecule has 0 aliphatic rings. The highest BCUT2D eigenvalue weighted by molar-refractivity contribution is 5.66. The van der Waals surface area contributed by atoms with Crippen molar-refractivity contribution in [3.8, 4) is 16.9 Å². The van der Waals surface area contributed by atoms with Crippen LogP contribution in [0.4, 0.5) is 10.2 Å². The van der Waals surface area contributed by atoms with Gasteiger partial charge in [0.15, 0.2) is 11.6 Å². The quantitative estimate of drug-likeness (QED) is 0.842. The van der Waals surface area contributed by atoms with Crippen molar-refractivity contribution in [3.63, 3.8) is 0 Å². The van der Waals surface area contributed by atoms with Crippen molar-refractivity contribution in [2.75, 3.05) is 12.8 Å². The molecule has 0 fully saturated rings. The predicted octanol–water partition coefficient (Wildman–Crippen LogP) is 2.48. The average Bonchev–Trinajstić information content (AvgIpc) is 2.29. The maximum Gasteiger partial charge on any atom is 0.165 e. The molecule has 2 aromatic rings. The van der Waals surface area contributed by atoms with Gasteiger partial charge in [-0.15, -0.1) is 0 Å². The summed E-state index contributed by atoms with van der Waals surface area (Å²) in [7, 11) is 1.43. The second-order valence-corrected chi connectivity index (χ2v) is 3.32. The van der Waals surface area contributed by atoms with Crippen LogP contribution in [-0.2, 0) is 0 Å². The molecule has 0 amide bonds. The number of pyridine rings is 1. The third kappa shape index (κ3) is 1.95. The molecule has 0 unspecified atom stereocenters. The molecule has 0 saturated carbocycles. The molecular formula is C12H11FN2O. The van der Waals surface area contributed by atoms with Crippen LogP contribution in [0, 0.1) is 5.82 Å². The van der Waals surface area contributed by atoms with Crippen molar-refractivity contribution in [2.24, 2.45) is 0 Å². The van der Waals surface area contributed by atoms with Gasteiger partial charge in [0, 0.05) is 6.20 Å². The Labute approximate surface area is 92.7 Å². The lowest BCUT2D eigenvalue weighted by molar-refractivity contribution is 0.386. The Kier molecular flexibility index (Phi) is 2.72. The highest BCUT2D eigenvalue weighted by Crippen LogP contribution is 2.25. The minimum absolute atomic E-state index is 0.228. The molecule has 4 heteroatoms. The lowest BCUT2D eigenvalue weighted by atomic mass is 10.1. The van der Waals surface area contributed by atoms with E-state index in [-0.39, 0.29) is 5.75 Å². The van der Waals surface area contributed by atoms with E-state index in [0.717, 1.165) is 11.1 Å². The van der Waals surface area contributed by atoms with Gasteiger partial charge in [0.05, 0.1) is 7.11 Å². The van der Waals surface area contributed by atoms with Gasteiger partial charge in [0.25, 0.3) is 0 Å². The van der Waals surface area contributed by atoms with E-state index < -0.39 is 5.82 Å². The van der Waals surface area contributed by atoms with Crippen LogP contribution in [0.15, 0.2) is 36.5 Å². The predicted molar refractivity (Wildman–Crippen MR) is 60.6 cm³/mol. The summed E-state index contributed by atoms with van der Waals surface area (Å²) in [6, 6.07) is 8.24. The SMILES string of the molecule is COc1ccc(-c2ccnc(N)c2)cc1F. The first-order valence-electron chi connectivity index (χ1n) is 4.76. The maximum atomic E-state index is 13.5. The van der Waals surface area contributed by atoms with Crippen LogP contribution in [0.25, 0.3) is 11.1 Å². The van der Waals surface area contributed by atoms with Gasteiger partial charge in [0.2, 0.25) is 0 Å².